The van der Waals surface area contributed by atoms with Crippen LogP contribution in [0, 0.1) is 11.8 Å². The fourth-order valence-electron chi connectivity index (χ4n) is 2.73. The Morgan fingerprint density at radius 3 is 2.57 bits per heavy atom. The van der Waals surface area contributed by atoms with Gasteiger partial charge in [0.2, 0.25) is 17.7 Å². The van der Waals surface area contributed by atoms with E-state index in [2.05, 4.69) is 15.4 Å². The number of benzene rings is 1. The van der Waals surface area contributed by atoms with Crippen LogP contribution in [0.1, 0.15) is 20.3 Å². The summed E-state index contributed by atoms with van der Waals surface area (Å²) in [5.74, 6) is -2.64. The van der Waals surface area contributed by atoms with Crippen LogP contribution in [0.2, 0.25) is 0 Å². The molecule has 10 heteroatoms. The lowest BCUT2D eigenvalue weighted by molar-refractivity contribution is -0.274. The molecule has 2 rings (SSSR count). The minimum atomic E-state index is -4.83. The predicted octanol–water partition coefficient (Wildman–Crippen LogP) is 1.83. The van der Waals surface area contributed by atoms with Gasteiger partial charge in [-0.05, 0) is 18.6 Å². The number of halogens is 3. The molecule has 1 aliphatic rings. The van der Waals surface area contributed by atoms with Gasteiger partial charge in [0, 0.05) is 37.3 Å². The maximum atomic E-state index is 12.5. The van der Waals surface area contributed by atoms with Crippen molar-refractivity contribution in [2.75, 3.05) is 24.5 Å². The molecule has 1 atom stereocenters. The van der Waals surface area contributed by atoms with Crippen molar-refractivity contribution in [1.29, 1.82) is 0 Å². The molecule has 0 aromatic heterocycles. The van der Waals surface area contributed by atoms with Gasteiger partial charge in [0.05, 0.1) is 0 Å². The molecule has 154 valence electrons. The Kier molecular flexibility index (Phi) is 6.87. The first-order valence-corrected chi connectivity index (χ1v) is 8.81. The number of anilines is 1. The van der Waals surface area contributed by atoms with Crippen molar-refractivity contribution < 1.29 is 32.3 Å². The van der Waals surface area contributed by atoms with Crippen LogP contribution in [0.25, 0.3) is 0 Å². The van der Waals surface area contributed by atoms with Crippen LogP contribution in [0.15, 0.2) is 24.3 Å². The molecule has 28 heavy (non-hydrogen) atoms. The minimum Gasteiger partial charge on any atom is -0.406 e. The van der Waals surface area contributed by atoms with E-state index in [1.807, 2.05) is 0 Å². The largest absolute Gasteiger partial charge is 0.573 e. The molecule has 7 nitrogen and oxygen atoms in total. The van der Waals surface area contributed by atoms with Gasteiger partial charge in [0.15, 0.2) is 0 Å². The summed E-state index contributed by atoms with van der Waals surface area (Å²) in [7, 11) is 0. The van der Waals surface area contributed by atoms with Gasteiger partial charge in [-0.1, -0.05) is 19.9 Å². The molecule has 1 unspecified atom stereocenters. The van der Waals surface area contributed by atoms with Gasteiger partial charge in [-0.2, -0.15) is 0 Å². The molecule has 1 aliphatic heterocycles. The summed E-state index contributed by atoms with van der Waals surface area (Å²) in [5, 5.41) is 5.23. The van der Waals surface area contributed by atoms with Crippen LogP contribution in [-0.2, 0) is 14.4 Å². The molecule has 1 heterocycles. The summed E-state index contributed by atoms with van der Waals surface area (Å²) >= 11 is 0. The third-order valence-electron chi connectivity index (χ3n) is 4.13. The summed E-state index contributed by atoms with van der Waals surface area (Å²) in [6.45, 7) is 4.11. The van der Waals surface area contributed by atoms with Crippen molar-refractivity contribution in [3.05, 3.63) is 24.3 Å². The maximum Gasteiger partial charge on any atom is 0.573 e. The van der Waals surface area contributed by atoms with Gasteiger partial charge in [-0.3, -0.25) is 14.4 Å². The van der Waals surface area contributed by atoms with E-state index in [1.54, 1.807) is 13.8 Å². The zero-order valence-electron chi connectivity index (χ0n) is 15.5. The number of nitrogens with one attached hydrogen (secondary N) is 2. The zero-order chi connectivity index (χ0) is 20.9. The SMILES string of the molecule is CC(C)C(=O)NCCNC(=O)C1CCN(c2cccc(OC(F)(F)F)c2)C1=O. The van der Waals surface area contributed by atoms with Crippen molar-refractivity contribution in [3.8, 4) is 5.75 Å². The molecule has 0 saturated carbocycles. The molecular weight excluding hydrogens is 379 g/mol. The molecule has 1 aromatic rings. The third kappa shape index (κ3) is 5.86. The average molecular weight is 401 g/mol. The van der Waals surface area contributed by atoms with Gasteiger partial charge in [-0.15, -0.1) is 13.2 Å². The number of hydrogen-bond acceptors (Lipinski definition) is 4. The molecule has 1 fully saturated rings. The van der Waals surface area contributed by atoms with Crippen molar-refractivity contribution in [3.63, 3.8) is 0 Å². The van der Waals surface area contributed by atoms with Gasteiger partial charge in [0.1, 0.15) is 11.7 Å². The van der Waals surface area contributed by atoms with Crippen molar-refractivity contribution >= 4 is 23.4 Å². The van der Waals surface area contributed by atoms with E-state index in [1.165, 1.54) is 17.0 Å². The first-order chi connectivity index (χ1) is 13.1. The lowest BCUT2D eigenvalue weighted by atomic mass is 10.1. The van der Waals surface area contributed by atoms with Crippen molar-refractivity contribution in [2.45, 2.75) is 26.6 Å². The number of carbonyl (C=O) groups is 3. The van der Waals surface area contributed by atoms with Crippen LogP contribution in [-0.4, -0.2) is 43.7 Å². The summed E-state index contributed by atoms with van der Waals surface area (Å²) in [5.41, 5.74) is 0.228. The molecular formula is C18H22F3N3O4. The number of rotatable bonds is 7. The van der Waals surface area contributed by atoms with E-state index in [0.29, 0.717) is 0 Å². The number of hydrogen-bond donors (Lipinski definition) is 2. The van der Waals surface area contributed by atoms with Crippen LogP contribution in [0.3, 0.4) is 0 Å². The number of amides is 3. The first kappa shape index (κ1) is 21.5. The standard InChI is InChI=1S/C18H22F3N3O4/c1-11(2)15(25)22-7-8-23-16(26)14-6-9-24(17(14)27)12-4-3-5-13(10-12)28-18(19,20)21/h3-5,10-11,14H,6-9H2,1-2H3,(H,22,25)(H,23,26). The lowest BCUT2D eigenvalue weighted by Gasteiger charge is -2.18. The van der Waals surface area contributed by atoms with E-state index in [-0.39, 0.29) is 43.6 Å². The van der Waals surface area contributed by atoms with Crippen molar-refractivity contribution in [1.82, 2.24) is 10.6 Å². The fraction of sp³-hybridized carbons (Fsp3) is 0.500. The zero-order valence-corrected chi connectivity index (χ0v) is 15.5. The Labute approximate surface area is 160 Å². The second kappa shape index (κ2) is 8.94. The third-order valence-corrected chi connectivity index (χ3v) is 4.13. The maximum absolute atomic E-state index is 12.5. The fourth-order valence-corrected chi connectivity index (χ4v) is 2.73. The summed E-state index contributed by atoms with van der Waals surface area (Å²) < 4.78 is 40.9. The summed E-state index contributed by atoms with van der Waals surface area (Å²) in [6.07, 6.45) is -4.59. The minimum absolute atomic E-state index is 0.140. The molecule has 1 aromatic carbocycles. The number of carbonyl (C=O) groups excluding carboxylic acids is 3. The van der Waals surface area contributed by atoms with E-state index in [4.69, 9.17) is 0 Å². The summed E-state index contributed by atoms with van der Waals surface area (Å²) in [4.78, 5) is 37.4. The number of alkyl halides is 3. The van der Waals surface area contributed by atoms with E-state index < -0.39 is 29.8 Å². The highest BCUT2D eigenvalue weighted by Crippen LogP contribution is 2.30. The van der Waals surface area contributed by atoms with Crippen molar-refractivity contribution in [2.24, 2.45) is 11.8 Å². The second-order valence-electron chi connectivity index (χ2n) is 6.61. The van der Waals surface area contributed by atoms with E-state index in [9.17, 15) is 27.6 Å². The quantitative estimate of drug-likeness (QED) is 0.539. The highest BCUT2D eigenvalue weighted by molar-refractivity contribution is 6.09. The Bertz CT molecular complexity index is 737. The summed E-state index contributed by atoms with van der Waals surface area (Å²) in [6, 6.07) is 5.05. The Morgan fingerprint density at radius 2 is 1.93 bits per heavy atom. The van der Waals surface area contributed by atoms with Gasteiger partial charge in [0.25, 0.3) is 0 Å². The number of nitrogens with zero attached hydrogens (tertiary/aromatic N) is 1. The van der Waals surface area contributed by atoms with Crippen LogP contribution in [0.5, 0.6) is 5.75 Å². The Balaban J connectivity index is 1.91. The highest BCUT2D eigenvalue weighted by atomic mass is 19.4. The number of ether oxygens (including phenoxy) is 1. The topological polar surface area (TPSA) is 87.7 Å². The second-order valence-corrected chi connectivity index (χ2v) is 6.61. The highest BCUT2D eigenvalue weighted by Gasteiger charge is 2.38. The average Bonchev–Trinajstić information content (AvgIpc) is 2.98. The molecule has 0 spiro atoms. The molecule has 0 aliphatic carbocycles. The van der Waals surface area contributed by atoms with Crippen LogP contribution in [0.4, 0.5) is 18.9 Å². The lowest BCUT2D eigenvalue weighted by Crippen LogP contribution is -2.41. The van der Waals surface area contributed by atoms with Gasteiger partial charge >= 0.3 is 6.36 Å². The van der Waals surface area contributed by atoms with Crippen LogP contribution >= 0.6 is 0 Å². The smallest absolute Gasteiger partial charge is 0.406 e. The predicted molar refractivity (Wildman–Crippen MR) is 94.4 cm³/mol. The molecule has 3 amide bonds. The molecule has 1 saturated heterocycles. The molecule has 2 N–H and O–H groups in total. The van der Waals surface area contributed by atoms with Crippen LogP contribution < -0.4 is 20.3 Å². The van der Waals surface area contributed by atoms with Gasteiger partial charge in [-0.25, -0.2) is 0 Å². The van der Waals surface area contributed by atoms with E-state index in [0.717, 1.165) is 12.1 Å². The monoisotopic (exact) mass is 401 g/mol. The Morgan fingerprint density at radius 1 is 1.25 bits per heavy atom. The van der Waals surface area contributed by atoms with Gasteiger partial charge < -0.3 is 20.3 Å². The van der Waals surface area contributed by atoms with E-state index >= 15 is 0 Å². The molecule has 0 radical (unpaired) electrons. The first-order valence-electron chi connectivity index (χ1n) is 8.81. The molecule has 0 bridgehead atoms. The normalized spacial score (nSPS) is 17.0. The Hall–Kier alpha value is -2.78.